The molecule has 2 aromatic heterocycles. The molecule has 0 atom stereocenters. The second kappa shape index (κ2) is 11.4. The van der Waals surface area contributed by atoms with Crippen LogP contribution in [0.25, 0.3) is 6.08 Å². The van der Waals surface area contributed by atoms with Gasteiger partial charge in [0.25, 0.3) is 5.91 Å². The second-order valence-corrected chi connectivity index (χ2v) is 7.09. The van der Waals surface area contributed by atoms with Gasteiger partial charge in [0, 0.05) is 42.3 Å². The van der Waals surface area contributed by atoms with Crippen molar-refractivity contribution in [3.63, 3.8) is 0 Å². The Morgan fingerprint density at radius 2 is 1.88 bits per heavy atom. The summed E-state index contributed by atoms with van der Waals surface area (Å²) < 4.78 is 10.5. The summed E-state index contributed by atoms with van der Waals surface area (Å²) >= 11 is 0. The zero-order valence-corrected chi connectivity index (χ0v) is 19.0. The van der Waals surface area contributed by atoms with E-state index in [1.807, 2.05) is 26.0 Å². The van der Waals surface area contributed by atoms with E-state index in [0.717, 1.165) is 22.6 Å². The van der Waals surface area contributed by atoms with Crippen molar-refractivity contribution in [2.75, 3.05) is 26.1 Å². The van der Waals surface area contributed by atoms with Gasteiger partial charge in [-0.25, -0.2) is 15.0 Å². The third kappa shape index (κ3) is 7.17. The summed E-state index contributed by atoms with van der Waals surface area (Å²) in [5, 5.41) is 5.76. The zero-order chi connectivity index (χ0) is 23.6. The smallest absolute Gasteiger partial charge is 0.250 e. The number of hydrogen-bond donors (Lipinski definition) is 3. The average molecular weight is 450 g/mol. The molecule has 0 aliphatic heterocycles. The van der Waals surface area contributed by atoms with Crippen molar-refractivity contribution in [1.29, 1.82) is 0 Å². The van der Waals surface area contributed by atoms with E-state index in [4.69, 9.17) is 9.47 Å². The number of nitrogens with one attached hydrogen (secondary N) is 3. The topological polar surface area (TPSA) is 126 Å². The van der Waals surface area contributed by atoms with Gasteiger partial charge in [0.15, 0.2) is 11.5 Å². The molecule has 10 nitrogen and oxygen atoms in total. The van der Waals surface area contributed by atoms with Crippen molar-refractivity contribution in [3.05, 3.63) is 65.5 Å². The standard InChI is InChI=1S/C23H27N7O3/c1-15-11-16(2)28-23(27-15)30-22(25-10-9-18-13-24-14-26-18)29-21(31)8-6-17-5-7-19(32-3)20(12-17)33-4/h5-8,11-14H,9-10H2,1-4H3,(H,24,26)(H2,25,27,28,29,30,31)/b8-6+. The van der Waals surface area contributed by atoms with Crippen LogP contribution in [0.5, 0.6) is 11.5 Å². The molecule has 172 valence electrons. The fourth-order valence-corrected chi connectivity index (χ4v) is 2.99. The minimum atomic E-state index is -0.359. The number of H-pyrrole nitrogens is 1. The highest BCUT2D eigenvalue weighted by atomic mass is 16.5. The molecule has 10 heteroatoms. The summed E-state index contributed by atoms with van der Waals surface area (Å²) in [6.07, 6.45) is 7.07. The number of aliphatic imine (C=N–C) groups is 1. The monoisotopic (exact) mass is 449 g/mol. The Balaban J connectivity index is 1.72. The number of nitrogens with zero attached hydrogens (tertiary/aromatic N) is 4. The lowest BCUT2D eigenvalue weighted by Gasteiger charge is -2.10. The number of methoxy groups -OCH3 is 2. The first-order chi connectivity index (χ1) is 16.0. The van der Waals surface area contributed by atoms with Gasteiger partial charge in [0.2, 0.25) is 11.9 Å². The molecule has 1 amide bonds. The fraction of sp³-hybridized carbons (Fsp3) is 0.261. The first-order valence-corrected chi connectivity index (χ1v) is 10.3. The molecule has 0 radical (unpaired) electrons. The lowest BCUT2D eigenvalue weighted by atomic mass is 10.2. The minimum Gasteiger partial charge on any atom is -0.493 e. The number of amides is 1. The lowest BCUT2D eigenvalue weighted by Crippen LogP contribution is -2.35. The SMILES string of the molecule is COc1ccc(/C=C/C(=O)NC(=NCCc2cnc[nH]2)Nc2nc(C)cc(C)n2)cc1OC. The van der Waals surface area contributed by atoms with Crippen LogP contribution in [0.2, 0.25) is 0 Å². The van der Waals surface area contributed by atoms with Crippen LogP contribution < -0.4 is 20.1 Å². The number of ether oxygens (including phenoxy) is 2. The number of carbonyl (C=O) groups is 1. The predicted octanol–water partition coefficient (Wildman–Crippen LogP) is 2.67. The van der Waals surface area contributed by atoms with Crippen LogP contribution in [-0.2, 0) is 11.2 Å². The van der Waals surface area contributed by atoms with Crippen LogP contribution in [-0.4, -0.2) is 52.6 Å². The average Bonchev–Trinajstić information content (AvgIpc) is 3.30. The van der Waals surface area contributed by atoms with Crippen molar-refractivity contribution in [3.8, 4) is 11.5 Å². The molecular weight excluding hydrogens is 422 g/mol. The first kappa shape index (κ1) is 23.5. The van der Waals surface area contributed by atoms with E-state index in [1.165, 1.54) is 6.08 Å². The Bertz CT molecular complexity index is 1120. The molecule has 0 saturated heterocycles. The molecule has 0 saturated carbocycles. The van der Waals surface area contributed by atoms with Gasteiger partial charge in [-0.05, 0) is 43.7 Å². The van der Waals surface area contributed by atoms with Gasteiger partial charge >= 0.3 is 0 Å². The number of carbonyl (C=O) groups excluding carboxylic acids is 1. The van der Waals surface area contributed by atoms with Gasteiger partial charge in [-0.2, -0.15) is 0 Å². The van der Waals surface area contributed by atoms with Crippen molar-refractivity contribution < 1.29 is 14.3 Å². The van der Waals surface area contributed by atoms with Crippen LogP contribution >= 0.6 is 0 Å². The summed E-state index contributed by atoms with van der Waals surface area (Å²) in [4.78, 5) is 32.8. The van der Waals surface area contributed by atoms with E-state index >= 15 is 0 Å². The van der Waals surface area contributed by atoms with Crippen LogP contribution in [0.15, 0.2) is 47.9 Å². The molecule has 3 aromatic rings. The minimum absolute atomic E-state index is 0.251. The number of imidazole rings is 1. The number of aromatic amines is 1. The molecule has 0 aliphatic rings. The molecule has 2 heterocycles. The van der Waals surface area contributed by atoms with Crippen molar-refractivity contribution >= 4 is 23.9 Å². The van der Waals surface area contributed by atoms with Gasteiger partial charge in [0.1, 0.15) is 0 Å². The predicted molar refractivity (Wildman–Crippen MR) is 126 cm³/mol. The molecule has 0 unspecified atom stereocenters. The number of hydrogen-bond acceptors (Lipinski definition) is 7. The number of anilines is 1. The summed E-state index contributed by atoms with van der Waals surface area (Å²) in [6.45, 7) is 4.17. The molecule has 3 rings (SSSR count). The first-order valence-electron chi connectivity index (χ1n) is 10.3. The molecule has 0 spiro atoms. The van der Waals surface area contributed by atoms with Gasteiger partial charge in [-0.1, -0.05) is 6.07 Å². The fourth-order valence-electron chi connectivity index (χ4n) is 2.99. The van der Waals surface area contributed by atoms with Crippen molar-refractivity contribution in [1.82, 2.24) is 25.3 Å². The summed E-state index contributed by atoms with van der Waals surface area (Å²) in [5.41, 5.74) is 3.34. The van der Waals surface area contributed by atoms with E-state index in [2.05, 4.69) is 35.6 Å². The maximum Gasteiger partial charge on any atom is 0.250 e. The van der Waals surface area contributed by atoms with E-state index in [0.29, 0.717) is 30.4 Å². The molecule has 0 fully saturated rings. The quantitative estimate of drug-likeness (QED) is 0.274. The largest absolute Gasteiger partial charge is 0.493 e. The summed E-state index contributed by atoms with van der Waals surface area (Å²) in [5.74, 6) is 1.44. The van der Waals surface area contributed by atoms with Crippen molar-refractivity contribution in [2.45, 2.75) is 20.3 Å². The molecule has 3 N–H and O–H groups in total. The number of rotatable bonds is 8. The number of guanidine groups is 1. The Hall–Kier alpha value is -4.21. The van der Waals surface area contributed by atoms with Gasteiger partial charge in [0.05, 0.1) is 20.5 Å². The molecular formula is C23H27N7O3. The molecule has 33 heavy (non-hydrogen) atoms. The number of aromatic nitrogens is 4. The van der Waals surface area contributed by atoms with E-state index in [9.17, 15) is 4.79 Å². The van der Waals surface area contributed by atoms with E-state index in [-0.39, 0.29) is 11.9 Å². The molecule has 0 aliphatic carbocycles. The van der Waals surface area contributed by atoms with Crippen LogP contribution in [0.1, 0.15) is 22.6 Å². The van der Waals surface area contributed by atoms with Crippen LogP contribution in [0.3, 0.4) is 0 Å². The van der Waals surface area contributed by atoms with Gasteiger partial charge < -0.3 is 14.5 Å². The maximum atomic E-state index is 12.6. The highest BCUT2D eigenvalue weighted by Gasteiger charge is 2.08. The third-order valence-electron chi connectivity index (χ3n) is 4.49. The summed E-state index contributed by atoms with van der Waals surface area (Å²) in [7, 11) is 3.13. The van der Waals surface area contributed by atoms with Crippen LogP contribution in [0.4, 0.5) is 5.95 Å². The Kier molecular flexibility index (Phi) is 8.12. The maximum absolute atomic E-state index is 12.6. The molecule has 0 bridgehead atoms. The van der Waals surface area contributed by atoms with Gasteiger partial charge in [-0.3, -0.25) is 20.4 Å². The van der Waals surface area contributed by atoms with Crippen molar-refractivity contribution in [2.24, 2.45) is 4.99 Å². The van der Waals surface area contributed by atoms with Gasteiger partial charge in [-0.15, -0.1) is 0 Å². The lowest BCUT2D eigenvalue weighted by molar-refractivity contribution is -0.115. The Labute approximate surface area is 192 Å². The second-order valence-electron chi connectivity index (χ2n) is 7.09. The number of benzene rings is 1. The zero-order valence-electron chi connectivity index (χ0n) is 19.0. The molecule has 1 aromatic carbocycles. The number of aryl methyl sites for hydroxylation is 2. The Morgan fingerprint density at radius 1 is 1.12 bits per heavy atom. The highest BCUT2D eigenvalue weighted by Crippen LogP contribution is 2.27. The Morgan fingerprint density at radius 3 is 2.55 bits per heavy atom. The van der Waals surface area contributed by atoms with Crippen LogP contribution in [0, 0.1) is 13.8 Å². The normalized spacial score (nSPS) is 11.5. The summed E-state index contributed by atoms with van der Waals surface area (Å²) in [6, 6.07) is 7.25. The van der Waals surface area contributed by atoms with E-state index < -0.39 is 0 Å². The highest BCUT2D eigenvalue weighted by molar-refractivity contribution is 6.08. The third-order valence-corrected chi connectivity index (χ3v) is 4.49. The van der Waals surface area contributed by atoms with E-state index in [1.54, 1.807) is 45.0 Å².